The van der Waals surface area contributed by atoms with Gasteiger partial charge in [-0.2, -0.15) is 0 Å². The molecule has 1 atom stereocenters. The molecule has 1 amide bonds. The van der Waals surface area contributed by atoms with Crippen molar-refractivity contribution in [2.45, 2.75) is 18.1 Å². The Morgan fingerprint density at radius 3 is 2.96 bits per heavy atom. The van der Waals surface area contributed by atoms with Gasteiger partial charge in [0.05, 0.1) is 17.4 Å². The van der Waals surface area contributed by atoms with E-state index in [1.807, 2.05) is 47.4 Å². The number of thioether (sulfide) groups is 1. The molecule has 0 radical (unpaired) electrons. The Balaban J connectivity index is 1.54. The maximum absolute atomic E-state index is 12.3. The quantitative estimate of drug-likeness (QED) is 0.549. The van der Waals surface area contributed by atoms with Crippen LogP contribution in [0.3, 0.4) is 0 Å². The minimum absolute atomic E-state index is 0.0216. The average Bonchev–Trinajstić information content (AvgIpc) is 3.17. The van der Waals surface area contributed by atoms with Crippen LogP contribution in [0.4, 0.5) is 0 Å². The SMILES string of the molecule is CC(C(=O)NCCSc1nncn1C)n1cnc2ccccc21. The number of para-hydroxylation sites is 2. The van der Waals surface area contributed by atoms with Crippen LogP contribution in [-0.2, 0) is 11.8 Å². The van der Waals surface area contributed by atoms with Gasteiger partial charge in [0.15, 0.2) is 5.16 Å². The number of fused-ring (bicyclic) bond motifs is 1. The molecular formula is C15H18N6OS. The lowest BCUT2D eigenvalue weighted by molar-refractivity contribution is -0.123. The van der Waals surface area contributed by atoms with E-state index >= 15 is 0 Å². The van der Waals surface area contributed by atoms with E-state index in [0.29, 0.717) is 6.54 Å². The maximum Gasteiger partial charge on any atom is 0.242 e. The number of amides is 1. The van der Waals surface area contributed by atoms with E-state index in [1.54, 1.807) is 24.4 Å². The number of aryl methyl sites for hydroxylation is 1. The highest BCUT2D eigenvalue weighted by atomic mass is 32.2. The highest BCUT2D eigenvalue weighted by molar-refractivity contribution is 7.99. The van der Waals surface area contributed by atoms with Crippen molar-refractivity contribution in [1.82, 2.24) is 29.6 Å². The molecule has 0 saturated carbocycles. The molecule has 1 N–H and O–H groups in total. The molecule has 3 aromatic rings. The van der Waals surface area contributed by atoms with Crippen molar-refractivity contribution in [3.8, 4) is 0 Å². The van der Waals surface area contributed by atoms with Gasteiger partial charge in [-0.05, 0) is 19.1 Å². The summed E-state index contributed by atoms with van der Waals surface area (Å²) in [5, 5.41) is 11.6. The number of carbonyl (C=O) groups is 1. The molecule has 0 saturated heterocycles. The Labute approximate surface area is 138 Å². The molecular weight excluding hydrogens is 312 g/mol. The van der Waals surface area contributed by atoms with Gasteiger partial charge in [-0.1, -0.05) is 23.9 Å². The first-order chi connectivity index (χ1) is 11.2. The number of nitrogens with zero attached hydrogens (tertiary/aromatic N) is 5. The number of benzene rings is 1. The lowest BCUT2D eigenvalue weighted by Gasteiger charge is -2.14. The minimum Gasteiger partial charge on any atom is -0.353 e. The van der Waals surface area contributed by atoms with Crippen molar-refractivity contribution in [2.75, 3.05) is 12.3 Å². The normalized spacial score (nSPS) is 12.4. The van der Waals surface area contributed by atoms with Gasteiger partial charge in [0.2, 0.25) is 5.91 Å². The van der Waals surface area contributed by atoms with Crippen LogP contribution in [0.15, 0.2) is 42.1 Å². The molecule has 0 aliphatic carbocycles. The molecule has 1 unspecified atom stereocenters. The van der Waals surface area contributed by atoms with Crippen molar-refractivity contribution >= 4 is 28.7 Å². The number of imidazole rings is 1. The van der Waals surface area contributed by atoms with Crippen LogP contribution >= 0.6 is 11.8 Å². The number of aromatic nitrogens is 5. The number of hydrogen-bond donors (Lipinski definition) is 1. The second kappa shape index (κ2) is 6.82. The molecule has 120 valence electrons. The Hall–Kier alpha value is -2.35. The summed E-state index contributed by atoms with van der Waals surface area (Å²) in [4.78, 5) is 16.6. The maximum atomic E-state index is 12.3. The molecule has 0 bridgehead atoms. The fraction of sp³-hybridized carbons (Fsp3) is 0.333. The molecule has 0 spiro atoms. The van der Waals surface area contributed by atoms with Crippen LogP contribution in [-0.4, -0.2) is 42.5 Å². The fourth-order valence-electron chi connectivity index (χ4n) is 2.28. The van der Waals surface area contributed by atoms with Crippen molar-refractivity contribution in [3.05, 3.63) is 36.9 Å². The molecule has 23 heavy (non-hydrogen) atoms. The lowest BCUT2D eigenvalue weighted by atomic mass is 10.2. The zero-order chi connectivity index (χ0) is 16.2. The molecule has 7 nitrogen and oxygen atoms in total. The predicted octanol–water partition coefficient (Wildman–Crippen LogP) is 1.63. The Bertz CT molecular complexity index is 811. The van der Waals surface area contributed by atoms with Gasteiger partial charge in [0.25, 0.3) is 0 Å². The Kier molecular flexibility index (Phi) is 4.61. The van der Waals surface area contributed by atoms with E-state index in [9.17, 15) is 4.79 Å². The summed E-state index contributed by atoms with van der Waals surface area (Å²) in [6, 6.07) is 7.49. The molecule has 3 rings (SSSR count). The van der Waals surface area contributed by atoms with E-state index in [0.717, 1.165) is 21.9 Å². The van der Waals surface area contributed by atoms with Crippen LogP contribution in [0.5, 0.6) is 0 Å². The summed E-state index contributed by atoms with van der Waals surface area (Å²) in [7, 11) is 1.90. The first-order valence-electron chi connectivity index (χ1n) is 7.33. The van der Waals surface area contributed by atoms with Gasteiger partial charge >= 0.3 is 0 Å². The van der Waals surface area contributed by atoms with Gasteiger partial charge in [0.1, 0.15) is 12.4 Å². The smallest absolute Gasteiger partial charge is 0.242 e. The average molecular weight is 330 g/mol. The van der Waals surface area contributed by atoms with Gasteiger partial charge in [-0.15, -0.1) is 10.2 Å². The predicted molar refractivity (Wildman–Crippen MR) is 89.2 cm³/mol. The van der Waals surface area contributed by atoms with Gasteiger partial charge in [-0.3, -0.25) is 4.79 Å². The molecule has 0 aliphatic heterocycles. The molecule has 2 heterocycles. The van der Waals surface area contributed by atoms with Crippen LogP contribution < -0.4 is 5.32 Å². The molecule has 0 aliphatic rings. The third-order valence-corrected chi connectivity index (χ3v) is 4.62. The third kappa shape index (κ3) is 3.37. The van der Waals surface area contributed by atoms with E-state index in [1.165, 1.54) is 0 Å². The highest BCUT2D eigenvalue weighted by Gasteiger charge is 2.16. The molecule has 2 aromatic heterocycles. The highest BCUT2D eigenvalue weighted by Crippen LogP contribution is 2.17. The Morgan fingerprint density at radius 2 is 2.17 bits per heavy atom. The lowest BCUT2D eigenvalue weighted by Crippen LogP contribution is -2.32. The van der Waals surface area contributed by atoms with Crippen molar-refractivity contribution in [2.24, 2.45) is 7.05 Å². The summed E-state index contributed by atoms with van der Waals surface area (Å²) < 4.78 is 3.74. The van der Waals surface area contributed by atoms with E-state index < -0.39 is 0 Å². The second-order valence-electron chi connectivity index (χ2n) is 5.18. The first kappa shape index (κ1) is 15.5. The van der Waals surface area contributed by atoms with E-state index in [4.69, 9.17) is 0 Å². The van der Waals surface area contributed by atoms with Gasteiger partial charge < -0.3 is 14.5 Å². The number of rotatable bonds is 6. The van der Waals surface area contributed by atoms with Crippen LogP contribution in [0.1, 0.15) is 13.0 Å². The minimum atomic E-state index is -0.303. The third-order valence-electron chi connectivity index (χ3n) is 3.58. The fourth-order valence-corrected chi connectivity index (χ4v) is 3.02. The summed E-state index contributed by atoms with van der Waals surface area (Å²) >= 11 is 1.56. The summed E-state index contributed by atoms with van der Waals surface area (Å²) in [5.41, 5.74) is 1.86. The number of hydrogen-bond acceptors (Lipinski definition) is 5. The van der Waals surface area contributed by atoms with Crippen molar-refractivity contribution in [1.29, 1.82) is 0 Å². The standard InChI is InChI=1S/C15H18N6OS/c1-11(21-9-17-12-5-3-4-6-13(12)21)14(22)16-7-8-23-15-19-18-10-20(15)2/h3-6,9-11H,7-8H2,1-2H3,(H,16,22). The number of nitrogens with one attached hydrogen (secondary N) is 1. The molecule has 1 aromatic carbocycles. The zero-order valence-electron chi connectivity index (χ0n) is 13.0. The topological polar surface area (TPSA) is 77.6 Å². The van der Waals surface area contributed by atoms with Gasteiger partial charge in [-0.25, -0.2) is 4.98 Å². The largest absolute Gasteiger partial charge is 0.353 e. The molecule has 8 heteroatoms. The van der Waals surface area contributed by atoms with E-state index in [-0.39, 0.29) is 11.9 Å². The van der Waals surface area contributed by atoms with Crippen LogP contribution in [0, 0.1) is 0 Å². The van der Waals surface area contributed by atoms with Crippen LogP contribution in [0.25, 0.3) is 11.0 Å². The zero-order valence-corrected chi connectivity index (χ0v) is 13.8. The summed E-state index contributed by atoms with van der Waals surface area (Å²) in [6.45, 7) is 2.45. The second-order valence-corrected chi connectivity index (χ2v) is 6.24. The first-order valence-corrected chi connectivity index (χ1v) is 8.31. The van der Waals surface area contributed by atoms with Crippen molar-refractivity contribution < 1.29 is 4.79 Å². The van der Waals surface area contributed by atoms with Crippen LogP contribution in [0.2, 0.25) is 0 Å². The number of carbonyl (C=O) groups excluding carboxylic acids is 1. The van der Waals surface area contributed by atoms with Gasteiger partial charge in [0, 0.05) is 19.3 Å². The monoisotopic (exact) mass is 330 g/mol. The summed E-state index contributed by atoms with van der Waals surface area (Å²) in [6.07, 6.45) is 3.37. The van der Waals surface area contributed by atoms with E-state index in [2.05, 4.69) is 20.5 Å². The van der Waals surface area contributed by atoms with Crippen molar-refractivity contribution in [3.63, 3.8) is 0 Å². The molecule has 0 fully saturated rings. The summed E-state index contributed by atoms with van der Waals surface area (Å²) in [5.74, 6) is 0.724. The Morgan fingerprint density at radius 1 is 1.35 bits per heavy atom.